The number of rotatable bonds is 8. The summed E-state index contributed by atoms with van der Waals surface area (Å²) >= 11 is 0. The predicted molar refractivity (Wildman–Crippen MR) is 75.6 cm³/mol. The van der Waals surface area contributed by atoms with Crippen LogP contribution >= 0.6 is 15.6 Å². The molecule has 25 heavy (non-hydrogen) atoms. The second-order valence-corrected chi connectivity index (χ2v) is 8.14. The third kappa shape index (κ3) is 6.92. The Labute approximate surface area is 141 Å². The number of phosphoric acid groups is 2. The molecule has 13 nitrogen and oxygen atoms in total. The van der Waals surface area contributed by atoms with Gasteiger partial charge in [-0.25, -0.2) is 9.13 Å². The minimum atomic E-state index is -4.80. The molecule has 148 valence electrons. The standard InChI is InChI=1S/C10H20O13P2/c11-5-1-9(12)21-7(5)3-20-25(17,18)23-6-2-10(13)22-8(6)4-19-24(14,15)16/h5-13H,1-4H2,(H,17,18)(H2,14,15,16)/t5-,6-,7+,8+,9-,10-/m0/s1. The second-order valence-electron chi connectivity index (χ2n) is 5.49. The van der Waals surface area contributed by atoms with Gasteiger partial charge in [0.15, 0.2) is 12.6 Å². The van der Waals surface area contributed by atoms with E-state index in [-0.39, 0.29) is 12.8 Å². The summed E-state index contributed by atoms with van der Waals surface area (Å²) in [7, 11) is -9.49. The van der Waals surface area contributed by atoms with Crippen molar-refractivity contribution in [1.82, 2.24) is 0 Å². The van der Waals surface area contributed by atoms with Crippen LogP contribution in [-0.2, 0) is 32.2 Å². The fourth-order valence-corrected chi connectivity index (χ4v) is 3.65. The molecule has 0 radical (unpaired) electrons. The van der Waals surface area contributed by atoms with Crippen molar-refractivity contribution < 1.29 is 62.2 Å². The maximum atomic E-state index is 11.9. The number of ether oxygens (including phenoxy) is 2. The summed E-state index contributed by atoms with van der Waals surface area (Å²) in [5.41, 5.74) is 0. The van der Waals surface area contributed by atoms with E-state index < -0.39 is 65.9 Å². The summed E-state index contributed by atoms with van der Waals surface area (Å²) in [5, 5.41) is 28.2. The lowest BCUT2D eigenvalue weighted by Gasteiger charge is -2.22. The van der Waals surface area contributed by atoms with E-state index in [4.69, 9.17) is 23.8 Å². The van der Waals surface area contributed by atoms with Crippen LogP contribution in [0, 0.1) is 0 Å². The van der Waals surface area contributed by atoms with E-state index in [1.54, 1.807) is 0 Å². The monoisotopic (exact) mass is 410 g/mol. The first-order valence-electron chi connectivity index (χ1n) is 7.16. The summed E-state index contributed by atoms with van der Waals surface area (Å²) in [6.07, 6.45) is -7.51. The van der Waals surface area contributed by atoms with Crippen LogP contribution in [0.1, 0.15) is 12.8 Å². The number of phosphoric ester groups is 2. The molecule has 6 N–H and O–H groups in total. The third-order valence-corrected chi connectivity index (χ3v) is 4.96. The van der Waals surface area contributed by atoms with Gasteiger partial charge in [0, 0.05) is 12.8 Å². The van der Waals surface area contributed by atoms with Gasteiger partial charge in [-0.05, 0) is 0 Å². The maximum Gasteiger partial charge on any atom is 0.472 e. The molecule has 15 heteroatoms. The summed E-state index contributed by atoms with van der Waals surface area (Å²) in [6.45, 7) is -1.24. The molecule has 7 atom stereocenters. The van der Waals surface area contributed by atoms with E-state index >= 15 is 0 Å². The molecule has 2 heterocycles. The zero-order chi connectivity index (χ0) is 18.8. The fraction of sp³-hybridized carbons (Fsp3) is 1.00. The zero-order valence-electron chi connectivity index (χ0n) is 12.7. The molecule has 0 amide bonds. The molecule has 0 aromatic rings. The molecule has 2 rings (SSSR count). The van der Waals surface area contributed by atoms with Gasteiger partial charge in [-0.15, -0.1) is 0 Å². The zero-order valence-corrected chi connectivity index (χ0v) is 14.5. The normalized spacial score (nSPS) is 38.8. The van der Waals surface area contributed by atoms with Crippen LogP contribution in [0.4, 0.5) is 0 Å². The van der Waals surface area contributed by atoms with Gasteiger partial charge in [0.2, 0.25) is 0 Å². The first-order chi connectivity index (χ1) is 11.5. The van der Waals surface area contributed by atoms with Crippen LogP contribution in [0.2, 0.25) is 0 Å². The lowest BCUT2D eigenvalue weighted by atomic mass is 10.2. The van der Waals surface area contributed by atoms with Gasteiger partial charge >= 0.3 is 15.6 Å². The largest absolute Gasteiger partial charge is 0.472 e. The van der Waals surface area contributed by atoms with Crippen molar-refractivity contribution in [3.63, 3.8) is 0 Å². The highest BCUT2D eigenvalue weighted by atomic mass is 31.2. The summed E-state index contributed by atoms with van der Waals surface area (Å²) in [5.74, 6) is 0. The average Bonchev–Trinajstić information content (AvgIpc) is 2.95. The van der Waals surface area contributed by atoms with Gasteiger partial charge in [-0.3, -0.25) is 13.6 Å². The topological polar surface area (TPSA) is 202 Å². The summed E-state index contributed by atoms with van der Waals surface area (Å²) < 4.78 is 46.2. The first kappa shape index (κ1) is 21.3. The van der Waals surface area contributed by atoms with Gasteiger partial charge in [0.1, 0.15) is 18.3 Å². The third-order valence-electron chi connectivity index (χ3n) is 3.46. The van der Waals surface area contributed by atoms with Crippen molar-refractivity contribution in [3.05, 3.63) is 0 Å². The Balaban J connectivity index is 1.86. The van der Waals surface area contributed by atoms with Gasteiger partial charge in [-0.1, -0.05) is 0 Å². The van der Waals surface area contributed by atoms with E-state index in [2.05, 4.69) is 9.05 Å². The summed E-state index contributed by atoms with van der Waals surface area (Å²) in [6, 6.07) is 0. The van der Waals surface area contributed by atoms with Crippen LogP contribution in [-0.4, -0.2) is 80.2 Å². The van der Waals surface area contributed by atoms with Crippen molar-refractivity contribution in [2.24, 2.45) is 0 Å². The molecule has 2 aliphatic rings. The molecule has 2 saturated heterocycles. The van der Waals surface area contributed by atoms with Crippen LogP contribution < -0.4 is 0 Å². The Morgan fingerprint density at radius 3 is 2.00 bits per heavy atom. The Kier molecular flexibility index (Phi) is 7.13. The van der Waals surface area contributed by atoms with E-state index in [0.717, 1.165) is 0 Å². The predicted octanol–water partition coefficient (Wildman–Crippen LogP) is -1.83. The highest BCUT2D eigenvalue weighted by Crippen LogP contribution is 2.48. The molecule has 2 fully saturated rings. The average molecular weight is 410 g/mol. The lowest BCUT2D eigenvalue weighted by molar-refractivity contribution is -0.110. The van der Waals surface area contributed by atoms with Gasteiger partial charge in [0.25, 0.3) is 0 Å². The van der Waals surface area contributed by atoms with Crippen molar-refractivity contribution in [3.8, 4) is 0 Å². The van der Waals surface area contributed by atoms with Gasteiger partial charge in [-0.2, -0.15) is 0 Å². The fourth-order valence-electron chi connectivity index (χ4n) is 2.35. The van der Waals surface area contributed by atoms with E-state index in [0.29, 0.717) is 0 Å². The van der Waals surface area contributed by atoms with Gasteiger partial charge in [0.05, 0.1) is 19.3 Å². The van der Waals surface area contributed by atoms with Crippen LogP contribution in [0.15, 0.2) is 0 Å². The van der Waals surface area contributed by atoms with Crippen LogP contribution in [0.25, 0.3) is 0 Å². The molecule has 1 unspecified atom stereocenters. The Morgan fingerprint density at radius 1 is 0.880 bits per heavy atom. The van der Waals surface area contributed by atoms with Crippen molar-refractivity contribution >= 4 is 15.6 Å². The number of aliphatic hydroxyl groups is 3. The number of aliphatic hydroxyl groups excluding tert-OH is 3. The molecular formula is C10H20O13P2. The van der Waals surface area contributed by atoms with Crippen molar-refractivity contribution in [1.29, 1.82) is 0 Å². The van der Waals surface area contributed by atoms with Crippen molar-refractivity contribution in [2.45, 2.75) is 49.8 Å². The first-order valence-corrected chi connectivity index (χ1v) is 10.2. The smallest absolute Gasteiger partial charge is 0.390 e. The molecular weight excluding hydrogens is 390 g/mol. The molecule has 0 aliphatic carbocycles. The molecule has 0 aromatic heterocycles. The minimum absolute atomic E-state index is 0.0743. The van der Waals surface area contributed by atoms with E-state index in [1.807, 2.05) is 0 Å². The molecule has 0 bridgehead atoms. The Morgan fingerprint density at radius 2 is 1.44 bits per heavy atom. The highest BCUT2D eigenvalue weighted by molar-refractivity contribution is 7.47. The minimum Gasteiger partial charge on any atom is -0.390 e. The van der Waals surface area contributed by atoms with Crippen molar-refractivity contribution in [2.75, 3.05) is 13.2 Å². The number of hydrogen-bond donors (Lipinski definition) is 6. The highest BCUT2D eigenvalue weighted by Gasteiger charge is 2.42. The SMILES string of the molecule is O=P(O)(O)OC[C@H]1O[C@H](O)C[C@@H]1OP(=O)(O)OC[C@H]1O[C@H](O)C[C@@H]1O. The lowest BCUT2D eigenvalue weighted by Crippen LogP contribution is -2.30. The molecule has 0 saturated carbocycles. The Hall–Kier alpha value is 0.0200. The van der Waals surface area contributed by atoms with Crippen LogP contribution in [0.3, 0.4) is 0 Å². The summed E-state index contributed by atoms with van der Waals surface area (Å²) in [4.78, 5) is 27.0. The van der Waals surface area contributed by atoms with E-state index in [1.165, 1.54) is 0 Å². The quantitative estimate of drug-likeness (QED) is 0.244. The molecule has 0 spiro atoms. The molecule has 2 aliphatic heterocycles. The number of hydrogen-bond acceptors (Lipinski definition) is 10. The van der Waals surface area contributed by atoms with Crippen LogP contribution in [0.5, 0.6) is 0 Å². The second kappa shape index (κ2) is 8.36. The maximum absolute atomic E-state index is 11.9. The Bertz CT molecular complexity index is 537. The van der Waals surface area contributed by atoms with E-state index in [9.17, 15) is 29.3 Å². The molecule has 0 aromatic carbocycles. The van der Waals surface area contributed by atoms with Gasteiger partial charge < -0.3 is 39.5 Å².